The molecule has 2 aliphatic rings. The average Bonchev–Trinajstić information content (AvgIpc) is 3.20. The predicted octanol–water partition coefficient (Wildman–Crippen LogP) is 1.90. The van der Waals surface area contributed by atoms with E-state index in [0.29, 0.717) is 12.4 Å². The van der Waals surface area contributed by atoms with Crippen LogP contribution in [0.1, 0.15) is 28.9 Å². The molecule has 3 N–H and O–H groups in total. The van der Waals surface area contributed by atoms with Crippen LogP contribution in [0.2, 0.25) is 0 Å². The van der Waals surface area contributed by atoms with Crippen molar-refractivity contribution < 1.29 is 4.79 Å². The minimum absolute atomic E-state index is 0.0229. The van der Waals surface area contributed by atoms with Crippen molar-refractivity contribution in [2.45, 2.75) is 18.3 Å². The number of carbonyl (C=O) groups excluding carboxylic acids is 1. The smallest absolute Gasteiger partial charge is 0.253 e. The standard InChI is InChI=1S/C20H20N6O/c27-19-14-9-16(25-17(14)20(12-24-19)5-2-7-22-11-20)15-4-8-23-18(26-15)13-3-1-6-21-10-13/h1,3-4,6,8-10,22,25H,2,5,7,11-12H2,(H,24,27)/t20-/m1/s1. The zero-order valence-corrected chi connectivity index (χ0v) is 14.8. The highest BCUT2D eigenvalue weighted by atomic mass is 16.1. The second kappa shape index (κ2) is 6.28. The third kappa shape index (κ3) is 2.71. The molecule has 0 saturated carbocycles. The fourth-order valence-corrected chi connectivity index (χ4v) is 4.10. The first-order chi connectivity index (χ1) is 13.3. The maximum absolute atomic E-state index is 12.5. The number of hydrogen-bond acceptors (Lipinski definition) is 5. The van der Waals surface area contributed by atoms with Crippen LogP contribution in [0.4, 0.5) is 0 Å². The lowest BCUT2D eigenvalue weighted by Gasteiger charge is -2.40. The minimum Gasteiger partial charge on any atom is -0.356 e. The summed E-state index contributed by atoms with van der Waals surface area (Å²) >= 11 is 0. The van der Waals surface area contributed by atoms with Gasteiger partial charge >= 0.3 is 0 Å². The Labute approximate surface area is 156 Å². The van der Waals surface area contributed by atoms with E-state index in [1.165, 1.54) is 0 Å². The molecular weight excluding hydrogens is 340 g/mol. The Morgan fingerprint density at radius 2 is 2.11 bits per heavy atom. The molecule has 7 nitrogen and oxygen atoms in total. The molecule has 1 amide bonds. The molecule has 0 aliphatic carbocycles. The molecule has 1 saturated heterocycles. The quantitative estimate of drug-likeness (QED) is 0.649. The van der Waals surface area contributed by atoms with Crippen LogP contribution in [0.5, 0.6) is 0 Å². The van der Waals surface area contributed by atoms with Crippen molar-refractivity contribution in [3.8, 4) is 22.8 Å². The number of pyridine rings is 1. The minimum atomic E-state index is -0.0705. The van der Waals surface area contributed by atoms with Crippen LogP contribution in [-0.4, -0.2) is 45.5 Å². The summed E-state index contributed by atoms with van der Waals surface area (Å²) in [4.78, 5) is 29.1. The van der Waals surface area contributed by atoms with E-state index in [0.717, 1.165) is 54.1 Å². The van der Waals surface area contributed by atoms with Crippen LogP contribution in [0.25, 0.3) is 22.8 Å². The van der Waals surface area contributed by atoms with Crippen molar-refractivity contribution in [3.63, 3.8) is 0 Å². The number of hydrogen-bond donors (Lipinski definition) is 3. The third-order valence-corrected chi connectivity index (χ3v) is 5.50. The van der Waals surface area contributed by atoms with Crippen LogP contribution in [0.3, 0.4) is 0 Å². The van der Waals surface area contributed by atoms with Crippen molar-refractivity contribution in [2.24, 2.45) is 0 Å². The summed E-state index contributed by atoms with van der Waals surface area (Å²) in [6, 6.07) is 7.57. The van der Waals surface area contributed by atoms with Gasteiger partial charge in [0, 0.05) is 48.4 Å². The molecule has 0 unspecified atom stereocenters. The Kier molecular flexibility index (Phi) is 3.75. The normalized spacial score (nSPS) is 21.7. The maximum Gasteiger partial charge on any atom is 0.253 e. The first kappa shape index (κ1) is 16.1. The lowest BCUT2D eigenvalue weighted by Crippen LogP contribution is -2.54. The molecule has 1 spiro atoms. The van der Waals surface area contributed by atoms with E-state index in [-0.39, 0.29) is 11.3 Å². The summed E-state index contributed by atoms with van der Waals surface area (Å²) in [5, 5.41) is 6.54. The second-order valence-corrected chi connectivity index (χ2v) is 7.22. The lowest BCUT2D eigenvalue weighted by molar-refractivity contribution is 0.0915. The summed E-state index contributed by atoms with van der Waals surface area (Å²) in [6.45, 7) is 2.56. The predicted molar refractivity (Wildman–Crippen MR) is 101 cm³/mol. The number of fused-ring (bicyclic) bond motifs is 2. The highest BCUT2D eigenvalue weighted by Gasteiger charge is 2.42. The van der Waals surface area contributed by atoms with Gasteiger partial charge in [-0.2, -0.15) is 0 Å². The third-order valence-electron chi connectivity index (χ3n) is 5.50. The number of aromatic nitrogens is 4. The van der Waals surface area contributed by atoms with Gasteiger partial charge in [-0.1, -0.05) is 0 Å². The molecule has 2 aliphatic heterocycles. The van der Waals surface area contributed by atoms with E-state index in [2.05, 4.69) is 30.6 Å². The Hall–Kier alpha value is -3.06. The van der Waals surface area contributed by atoms with Crippen molar-refractivity contribution >= 4 is 5.91 Å². The SMILES string of the molecule is O=C1NC[C@]2(CCCNC2)c2[nH]c(-c3ccnc(-c4cccnc4)n3)cc21. The number of amides is 1. The molecule has 27 heavy (non-hydrogen) atoms. The molecule has 7 heteroatoms. The molecule has 0 bridgehead atoms. The summed E-state index contributed by atoms with van der Waals surface area (Å²) in [5.41, 5.74) is 4.15. The first-order valence-electron chi connectivity index (χ1n) is 9.21. The van der Waals surface area contributed by atoms with Crippen molar-refractivity contribution in [1.29, 1.82) is 0 Å². The lowest BCUT2D eigenvalue weighted by atomic mass is 9.74. The summed E-state index contributed by atoms with van der Waals surface area (Å²) in [6.07, 6.45) is 7.36. The molecule has 3 aromatic heterocycles. The first-order valence-corrected chi connectivity index (χ1v) is 9.21. The van der Waals surface area contributed by atoms with Crippen molar-refractivity contribution in [2.75, 3.05) is 19.6 Å². The van der Waals surface area contributed by atoms with E-state index in [4.69, 9.17) is 0 Å². The van der Waals surface area contributed by atoms with E-state index >= 15 is 0 Å². The second-order valence-electron chi connectivity index (χ2n) is 7.22. The van der Waals surface area contributed by atoms with Crippen molar-refractivity contribution in [1.82, 2.24) is 30.6 Å². The number of nitrogens with one attached hydrogen (secondary N) is 3. The molecule has 5 heterocycles. The molecule has 136 valence electrons. The number of nitrogens with zero attached hydrogens (tertiary/aromatic N) is 3. The molecule has 5 rings (SSSR count). The molecule has 1 atom stereocenters. The molecule has 0 radical (unpaired) electrons. The fraction of sp³-hybridized carbons (Fsp3) is 0.300. The van der Waals surface area contributed by atoms with Gasteiger partial charge in [0.2, 0.25) is 0 Å². The van der Waals surface area contributed by atoms with Gasteiger partial charge in [-0.15, -0.1) is 0 Å². The number of piperidine rings is 1. The van der Waals surface area contributed by atoms with Crippen LogP contribution < -0.4 is 10.6 Å². The highest BCUT2D eigenvalue weighted by Crippen LogP contribution is 2.37. The van der Waals surface area contributed by atoms with Gasteiger partial charge in [-0.05, 0) is 43.7 Å². The van der Waals surface area contributed by atoms with Crippen molar-refractivity contribution in [3.05, 3.63) is 54.1 Å². The van der Waals surface area contributed by atoms with Gasteiger partial charge in [0.05, 0.1) is 17.0 Å². The summed E-state index contributed by atoms with van der Waals surface area (Å²) in [7, 11) is 0. The average molecular weight is 360 g/mol. The fourth-order valence-electron chi connectivity index (χ4n) is 4.10. The number of rotatable bonds is 2. The molecule has 1 fully saturated rings. The van der Waals surface area contributed by atoms with E-state index in [9.17, 15) is 4.79 Å². The van der Waals surface area contributed by atoms with E-state index in [1.54, 1.807) is 18.6 Å². The largest absolute Gasteiger partial charge is 0.356 e. The summed E-state index contributed by atoms with van der Waals surface area (Å²) < 4.78 is 0. The van der Waals surface area contributed by atoms with Gasteiger partial charge in [-0.3, -0.25) is 9.78 Å². The van der Waals surface area contributed by atoms with Gasteiger partial charge in [0.25, 0.3) is 5.91 Å². The number of H-pyrrole nitrogens is 1. The number of carbonyl (C=O) groups is 1. The summed E-state index contributed by atoms with van der Waals surface area (Å²) in [5.74, 6) is 0.594. The van der Waals surface area contributed by atoms with Crippen LogP contribution in [0.15, 0.2) is 42.9 Å². The monoisotopic (exact) mass is 360 g/mol. The zero-order chi connectivity index (χ0) is 18.3. The zero-order valence-electron chi connectivity index (χ0n) is 14.8. The molecule has 0 aromatic carbocycles. The Morgan fingerprint density at radius 3 is 2.93 bits per heavy atom. The molecular formula is C20H20N6O. The van der Waals surface area contributed by atoms with Crippen LogP contribution >= 0.6 is 0 Å². The topological polar surface area (TPSA) is 95.6 Å². The van der Waals surface area contributed by atoms with Gasteiger partial charge in [-0.25, -0.2) is 9.97 Å². The Morgan fingerprint density at radius 1 is 1.15 bits per heavy atom. The Balaban J connectivity index is 1.58. The van der Waals surface area contributed by atoms with Gasteiger partial charge < -0.3 is 15.6 Å². The van der Waals surface area contributed by atoms with Gasteiger partial charge in [0.1, 0.15) is 0 Å². The highest BCUT2D eigenvalue weighted by molar-refractivity contribution is 5.98. The van der Waals surface area contributed by atoms with E-state index in [1.807, 2.05) is 24.3 Å². The van der Waals surface area contributed by atoms with E-state index < -0.39 is 0 Å². The maximum atomic E-state index is 12.5. The van der Waals surface area contributed by atoms with Gasteiger partial charge in [0.15, 0.2) is 5.82 Å². The van der Waals surface area contributed by atoms with Crippen LogP contribution in [0, 0.1) is 0 Å². The Bertz CT molecular complexity index is 991. The number of aromatic amines is 1. The van der Waals surface area contributed by atoms with Crippen LogP contribution in [-0.2, 0) is 5.41 Å². The molecule has 3 aromatic rings.